The number of nitrogens with zero attached hydrogens (tertiary/aromatic N) is 2. The maximum atomic E-state index is 12.5. The molecule has 28 heavy (non-hydrogen) atoms. The van der Waals surface area contributed by atoms with E-state index >= 15 is 0 Å². The predicted octanol–water partition coefficient (Wildman–Crippen LogP) is -4.11. The zero-order valence-corrected chi connectivity index (χ0v) is 14.5. The Morgan fingerprint density at radius 1 is 1.50 bits per heavy atom. The van der Waals surface area contributed by atoms with Gasteiger partial charge in [-0.25, -0.2) is 9.78 Å². The van der Waals surface area contributed by atoms with Gasteiger partial charge in [0.1, 0.15) is 12.2 Å². The number of nitrogens with two attached hydrogens (primary N) is 1. The van der Waals surface area contributed by atoms with Crippen LogP contribution in [-0.2, 0) is 16.0 Å². The van der Waals surface area contributed by atoms with E-state index in [2.05, 4.69) is 15.3 Å². The number of aliphatic hydroxyl groups excluding tert-OH is 2. The molecule has 3 rings (SSSR count). The summed E-state index contributed by atoms with van der Waals surface area (Å²) in [5.74, 6) is -0.846. The van der Waals surface area contributed by atoms with Gasteiger partial charge in [0.25, 0.3) is 5.56 Å². The molecule has 8 N–H and O–H groups in total. The number of rotatable bonds is 6. The van der Waals surface area contributed by atoms with E-state index in [-0.39, 0.29) is 6.42 Å². The summed E-state index contributed by atoms with van der Waals surface area (Å²) in [5.41, 5.74) is 2.27. The summed E-state index contributed by atoms with van der Waals surface area (Å²) in [5, 5.41) is 32.9. The van der Waals surface area contributed by atoms with Crippen LogP contribution in [0.15, 0.2) is 34.4 Å². The number of aromatic nitrogens is 4. The highest BCUT2D eigenvalue weighted by atomic mass is 16.6. The summed E-state index contributed by atoms with van der Waals surface area (Å²) in [6.07, 6.45) is -0.757. The first-order valence-electron chi connectivity index (χ1n) is 8.29. The smallest absolute Gasteiger partial charge is 0.330 e. The normalized spacial score (nSPS) is 28.2. The maximum absolute atomic E-state index is 12.5. The lowest BCUT2D eigenvalue weighted by Crippen LogP contribution is -2.63. The number of hydrogen-bond donors (Lipinski definition) is 7. The van der Waals surface area contributed by atoms with Crippen LogP contribution in [0.25, 0.3) is 0 Å². The molecule has 0 unspecified atom stereocenters. The van der Waals surface area contributed by atoms with E-state index in [0.29, 0.717) is 5.69 Å². The molecule has 13 nitrogen and oxygen atoms in total. The van der Waals surface area contributed by atoms with Crippen molar-refractivity contribution in [2.75, 3.05) is 6.61 Å². The lowest BCUT2D eigenvalue weighted by molar-refractivity contribution is -0.154. The molecule has 0 aliphatic carbocycles. The van der Waals surface area contributed by atoms with Gasteiger partial charge in [-0.15, -0.1) is 0 Å². The number of ether oxygens (including phenoxy) is 1. The van der Waals surface area contributed by atoms with E-state index in [4.69, 9.17) is 10.5 Å². The van der Waals surface area contributed by atoms with Crippen molar-refractivity contribution in [1.82, 2.24) is 24.8 Å². The van der Waals surface area contributed by atoms with Crippen molar-refractivity contribution in [2.45, 2.75) is 36.6 Å². The number of carbonyl (C=O) groups excluding carboxylic acids is 1. The van der Waals surface area contributed by atoms with E-state index < -0.39 is 54.0 Å². The van der Waals surface area contributed by atoms with Crippen molar-refractivity contribution in [3.63, 3.8) is 0 Å². The first-order chi connectivity index (χ1) is 13.3. The number of nitrogens with one attached hydrogen (secondary N) is 3. The molecule has 13 heteroatoms. The molecule has 0 saturated carbocycles. The Balaban J connectivity index is 1.88. The second-order valence-electron chi connectivity index (χ2n) is 6.37. The van der Waals surface area contributed by atoms with Crippen molar-refractivity contribution in [3.8, 4) is 0 Å². The van der Waals surface area contributed by atoms with Crippen LogP contribution in [0.3, 0.4) is 0 Å². The number of aromatic amines is 2. The highest BCUT2D eigenvalue weighted by molar-refractivity contribution is 5.82. The Morgan fingerprint density at radius 2 is 2.25 bits per heavy atom. The van der Waals surface area contributed by atoms with E-state index in [9.17, 15) is 29.7 Å². The third kappa shape index (κ3) is 3.61. The van der Waals surface area contributed by atoms with Crippen molar-refractivity contribution >= 4 is 5.91 Å². The molecule has 2 aromatic rings. The van der Waals surface area contributed by atoms with Crippen LogP contribution >= 0.6 is 0 Å². The standard InChI is InChI=1S/C15H20N6O7/c16-8(3-7-4-17-6-18-7)12(25)20-15(27)11(24)9(5-22)28-13(15)21-2-1-10(23)19-14(21)26/h1-2,4,6,8-9,11,13,22,24,27H,3,5,16H2,(H,17,18)(H,20,25)(H,19,23,26)/t8-,9+,11+,13+,15+/m0/s1. The molecule has 152 valence electrons. The Kier molecular flexibility index (Phi) is 5.44. The molecule has 1 saturated heterocycles. The Hall–Kier alpha value is -2.84. The topological polar surface area (TPSA) is 209 Å². The number of hydrogen-bond acceptors (Lipinski definition) is 9. The molecule has 1 aliphatic heterocycles. The van der Waals surface area contributed by atoms with Crippen LogP contribution in [0.4, 0.5) is 0 Å². The third-order valence-electron chi connectivity index (χ3n) is 4.42. The molecule has 3 heterocycles. The van der Waals surface area contributed by atoms with Gasteiger partial charge >= 0.3 is 5.69 Å². The second kappa shape index (κ2) is 7.65. The van der Waals surface area contributed by atoms with Crippen LogP contribution in [-0.4, -0.2) is 71.3 Å². The van der Waals surface area contributed by atoms with Gasteiger partial charge in [-0.05, 0) is 0 Å². The van der Waals surface area contributed by atoms with Gasteiger partial charge in [-0.1, -0.05) is 0 Å². The minimum atomic E-state index is -2.50. The molecule has 1 aliphatic rings. The van der Waals surface area contributed by atoms with Crippen LogP contribution < -0.4 is 22.3 Å². The highest BCUT2D eigenvalue weighted by Gasteiger charge is 2.57. The number of aliphatic hydroxyl groups is 3. The van der Waals surface area contributed by atoms with Gasteiger partial charge in [-0.2, -0.15) is 0 Å². The first-order valence-corrected chi connectivity index (χ1v) is 8.29. The Morgan fingerprint density at radius 3 is 2.86 bits per heavy atom. The minimum Gasteiger partial charge on any atom is -0.394 e. The van der Waals surface area contributed by atoms with Gasteiger partial charge in [0.05, 0.1) is 19.0 Å². The molecule has 0 spiro atoms. The molecule has 0 radical (unpaired) electrons. The summed E-state index contributed by atoms with van der Waals surface area (Å²) >= 11 is 0. The molecule has 0 bridgehead atoms. The molecular weight excluding hydrogens is 376 g/mol. The van der Waals surface area contributed by atoms with Crippen LogP contribution in [0.1, 0.15) is 11.9 Å². The molecule has 2 aromatic heterocycles. The second-order valence-corrected chi connectivity index (χ2v) is 6.37. The van der Waals surface area contributed by atoms with E-state index in [1.54, 1.807) is 0 Å². The van der Waals surface area contributed by atoms with Crippen molar-refractivity contribution in [1.29, 1.82) is 0 Å². The lowest BCUT2D eigenvalue weighted by Gasteiger charge is -2.33. The van der Waals surface area contributed by atoms with Crippen molar-refractivity contribution in [3.05, 3.63) is 51.3 Å². The van der Waals surface area contributed by atoms with E-state index in [1.165, 1.54) is 12.5 Å². The molecule has 0 aromatic carbocycles. The largest absolute Gasteiger partial charge is 0.394 e. The molecule has 5 atom stereocenters. The average molecular weight is 396 g/mol. The summed E-state index contributed by atoms with van der Waals surface area (Å²) < 4.78 is 6.13. The van der Waals surface area contributed by atoms with E-state index in [0.717, 1.165) is 16.8 Å². The molecule has 1 fully saturated rings. The number of H-pyrrole nitrogens is 2. The van der Waals surface area contributed by atoms with Gasteiger partial charge in [0.2, 0.25) is 11.6 Å². The quantitative estimate of drug-likeness (QED) is 0.236. The SMILES string of the molecule is N[C@@H](Cc1cnc[nH]1)C(=O)N[C@@]1(O)[C@H](O)[C@@H](CO)O[C@H]1n1ccc(=O)[nH]c1=O. The average Bonchev–Trinajstić information content (AvgIpc) is 3.23. The van der Waals surface area contributed by atoms with Crippen molar-refractivity contribution < 1.29 is 24.9 Å². The first kappa shape index (κ1) is 19.9. The van der Waals surface area contributed by atoms with Gasteiger partial charge in [0, 0.05) is 30.6 Å². The number of imidazole rings is 1. The number of amides is 1. The lowest BCUT2D eigenvalue weighted by atomic mass is 10.0. The van der Waals surface area contributed by atoms with Gasteiger partial charge < -0.3 is 36.1 Å². The Labute approximate surface area is 156 Å². The summed E-state index contributed by atoms with van der Waals surface area (Å²) in [6.45, 7) is -0.700. The molecule has 1 amide bonds. The monoisotopic (exact) mass is 396 g/mol. The zero-order valence-electron chi connectivity index (χ0n) is 14.5. The zero-order chi connectivity index (χ0) is 20.5. The van der Waals surface area contributed by atoms with Gasteiger partial charge in [-0.3, -0.25) is 19.1 Å². The fourth-order valence-corrected chi connectivity index (χ4v) is 2.96. The maximum Gasteiger partial charge on any atom is 0.330 e. The fourth-order valence-electron chi connectivity index (χ4n) is 2.96. The third-order valence-corrected chi connectivity index (χ3v) is 4.42. The van der Waals surface area contributed by atoms with Crippen LogP contribution in [0.2, 0.25) is 0 Å². The predicted molar refractivity (Wildman–Crippen MR) is 91.7 cm³/mol. The minimum absolute atomic E-state index is 0.0611. The summed E-state index contributed by atoms with van der Waals surface area (Å²) in [7, 11) is 0. The van der Waals surface area contributed by atoms with Crippen LogP contribution in [0, 0.1) is 0 Å². The van der Waals surface area contributed by atoms with Crippen LogP contribution in [0.5, 0.6) is 0 Å². The Bertz CT molecular complexity index is 941. The van der Waals surface area contributed by atoms with Crippen molar-refractivity contribution in [2.24, 2.45) is 5.73 Å². The summed E-state index contributed by atoms with van der Waals surface area (Å²) in [4.78, 5) is 44.4. The highest BCUT2D eigenvalue weighted by Crippen LogP contribution is 2.35. The molecular formula is C15H20N6O7. The fraction of sp³-hybridized carbons (Fsp3) is 0.467. The number of carbonyl (C=O) groups is 1. The van der Waals surface area contributed by atoms with E-state index in [1.807, 2.05) is 4.98 Å². The van der Waals surface area contributed by atoms with Gasteiger partial charge in [0.15, 0.2) is 6.23 Å². The summed E-state index contributed by atoms with van der Waals surface area (Å²) in [6, 6.07) is -0.131.